The van der Waals surface area contributed by atoms with Gasteiger partial charge in [0, 0.05) is 18.3 Å². The molecule has 1 aliphatic heterocycles. The van der Waals surface area contributed by atoms with Crippen LogP contribution >= 0.6 is 0 Å². The van der Waals surface area contributed by atoms with E-state index in [0.29, 0.717) is 19.1 Å². The van der Waals surface area contributed by atoms with Crippen LogP contribution in [0.4, 0.5) is 5.69 Å². The zero-order valence-electron chi connectivity index (χ0n) is 15.3. The molecule has 0 fully saturated rings. The molecular formula is C21H29NO2. The highest BCUT2D eigenvalue weighted by Crippen LogP contribution is 2.31. The fourth-order valence-electron chi connectivity index (χ4n) is 3.10. The number of rotatable bonds is 6. The average Bonchev–Trinajstić information content (AvgIpc) is 2.57. The van der Waals surface area contributed by atoms with Crippen molar-refractivity contribution in [1.82, 2.24) is 0 Å². The summed E-state index contributed by atoms with van der Waals surface area (Å²) in [4.78, 5) is 13.8. The van der Waals surface area contributed by atoms with E-state index in [1.54, 1.807) is 0 Å². The number of ether oxygens (including phenoxy) is 1. The van der Waals surface area contributed by atoms with E-state index in [2.05, 4.69) is 49.9 Å². The lowest BCUT2D eigenvalue weighted by molar-refractivity contribution is -0.142. The summed E-state index contributed by atoms with van der Waals surface area (Å²) in [6.45, 7) is 10.0. The Morgan fingerprint density at radius 1 is 1.38 bits per heavy atom. The molecule has 0 saturated heterocycles. The summed E-state index contributed by atoms with van der Waals surface area (Å²) >= 11 is 0. The fourth-order valence-corrected chi connectivity index (χ4v) is 3.10. The predicted octanol–water partition coefficient (Wildman–Crippen LogP) is 4.76. The van der Waals surface area contributed by atoms with Gasteiger partial charge in [-0.05, 0) is 69.4 Å². The van der Waals surface area contributed by atoms with Gasteiger partial charge in [-0.1, -0.05) is 24.3 Å². The third-order valence-corrected chi connectivity index (χ3v) is 4.38. The van der Waals surface area contributed by atoms with Crippen LogP contribution in [0.25, 0.3) is 5.57 Å². The van der Waals surface area contributed by atoms with Crippen LogP contribution < -0.4 is 4.90 Å². The lowest BCUT2D eigenvalue weighted by Crippen LogP contribution is -2.35. The number of anilines is 1. The molecule has 2 rings (SSSR count). The first-order valence-electron chi connectivity index (χ1n) is 8.92. The van der Waals surface area contributed by atoms with Crippen molar-refractivity contribution in [2.24, 2.45) is 0 Å². The van der Waals surface area contributed by atoms with Crippen LogP contribution in [0.5, 0.6) is 0 Å². The molecule has 3 nitrogen and oxygen atoms in total. The maximum Gasteiger partial charge on any atom is 0.309 e. The van der Waals surface area contributed by atoms with Crippen LogP contribution in [0.15, 0.2) is 36.4 Å². The van der Waals surface area contributed by atoms with Crippen molar-refractivity contribution >= 4 is 17.2 Å². The molecule has 0 spiro atoms. The quantitative estimate of drug-likeness (QED) is 0.557. The summed E-state index contributed by atoms with van der Waals surface area (Å²) in [7, 11) is 0. The van der Waals surface area contributed by atoms with E-state index in [-0.39, 0.29) is 5.97 Å². The third kappa shape index (κ3) is 4.73. The number of allylic oxidation sites excluding steroid dienone is 3. The first kappa shape index (κ1) is 18.3. The van der Waals surface area contributed by atoms with Gasteiger partial charge in [-0.15, -0.1) is 0 Å². The Morgan fingerprint density at radius 2 is 2.17 bits per heavy atom. The van der Waals surface area contributed by atoms with Gasteiger partial charge in [-0.2, -0.15) is 0 Å². The molecular weight excluding hydrogens is 298 g/mol. The van der Waals surface area contributed by atoms with E-state index in [1.165, 1.54) is 28.8 Å². The third-order valence-electron chi connectivity index (χ3n) is 4.38. The zero-order chi connectivity index (χ0) is 17.5. The van der Waals surface area contributed by atoms with Crippen LogP contribution in [0, 0.1) is 0 Å². The topological polar surface area (TPSA) is 29.5 Å². The smallest absolute Gasteiger partial charge is 0.309 e. The summed E-state index contributed by atoms with van der Waals surface area (Å²) in [5.74, 6) is -0.178. The van der Waals surface area contributed by atoms with Gasteiger partial charge in [0.25, 0.3) is 0 Å². The van der Waals surface area contributed by atoms with E-state index in [1.807, 2.05) is 19.1 Å². The maximum absolute atomic E-state index is 11.3. The second-order valence-corrected chi connectivity index (χ2v) is 6.52. The van der Waals surface area contributed by atoms with Crippen LogP contribution in [-0.4, -0.2) is 25.2 Å². The summed E-state index contributed by atoms with van der Waals surface area (Å²) in [6.07, 6.45) is 8.54. The number of benzene rings is 1. The standard InChI is InChI=1S/C21H29NO2/c1-5-24-21(23)11-7-6-9-17(4)18-12-13-20-19(15-18)10-8-14-22(20)16(2)3/h6-7,9,12-13,15-16H,5,8,10-11,14H2,1-4H3/b7-6+,17-9+. The summed E-state index contributed by atoms with van der Waals surface area (Å²) < 4.78 is 4.91. The number of fused-ring (bicyclic) bond motifs is 1. The van der Waals surface area contributed by atoms with Crippen LogP contribution in [-0.2, 0) is 16.0 Å². The second kappa shape index (κ2) is 8.72. The van der Waals surface area contributed by atoms with Crippen molar-refractivity contribution in [3.63, 3.8) is 0 Å². The first-order chi connectivity index (χ1) is 11.5. The molecule has 0 bridgehead atoms. The molecule has 1 aliphatic rings. The first-order valence-corrected chi connectivity index (χ1v) is 8.92. The Kier molecular flexibility index (Phi) is 6.65. The highest BCUT2D eigenvalue weighted by molar-refractivity contribution is 5.72. The number of hydrogen-bond donors (Lipinski definition) is 0. The molecule has 0 radical (unpaired) electrons. The van der Waals surface area contributed by atoms with Crippen LogP contribution in [0.3, 0.4) is 0 Å². The summed E-state index contributed by atoms with van der Waals surface area (Å²) in [6, 6.07) is 7.31. The second-order valence-electron chi connectivity index (χ2n) is 6.52. The SMILES string of the molecule is CCOC(=O)C/C=C/C=C(\C)c1ccc2c(c1)CCCN2C(C)C. The van der Waals surface area contributed by atoms with E-state index in [0.717, 1.165) is 13.0 Å². The Labute approximate surface area is 146 Å². The predicted molar refractivity (Wildman–Crippen MR) is 101 cm³/mol. The number of nitrogens with zero attached hydrogens (tertiary/aromatic N) is 1. The minimum Gasteiger partial charge on any atom is -0.466 e. The molecule has 0 unspecified atom stereocenters. The Hall–Kier alpha value is -2.03. The maximum atomic E-state index is 11.3. The van der Waals surface area contributed by atoms with Gasteiger partial charge < -0.3 is 9.64 Å². The minimum absolute atomic E-state index is 0.178. The molecule has 0 atom stereocenters. The van der Waals surface area contributed by atoms with Gasteiger partial charge in [0.05, 0.1) is 13.0 Å². The highest BCUT2D eigenvalue weighted by atomic mass is 16.5. The van der Waals surface area contributed by atoms with Crippen molar-refractivity contribution in [3.05, 3.63) is 47.6 Å². The van der Waals surface area contributed by atoms with Crippen molar-refractivity contribution < 1.29 is 9.53 Å². The monoisotopic (exact) mass is 327 g/mol. The molecule has 1 aromatic carbocycles. The highest BCUT2D eigenvalue weighted by Gasteiger charge is 2.19. The molecule has 3 heteroatoms. The van der Waals surface area contributed by atoms with Crippen molar-refractivity contribution in [1.29, 1.82) is 0 Å². The number of hydrogen-bond acceptors (Lipinski definition) is 3. The van der Waals surface area contributed by atoms with Gasteiger partial charge in [0.1, 0.15) is 0 Å². The molecule has 0 aromatic heterocycles. The number of esters is 1. The molecule has 1 heterocycles. The van der Waals surface area contributed by atoms with E-state index in [4.69, 9.17) is 4.74 Å². The minimum atomic E-state index is -0.178. The fraction of sp³-hybridized carbons (Fsp3) is 0.476. The molecule has 0 amide bonds. The Morgan fingerprint density at radius 3 is 2.88 bits per heavy atom. The molecule has 0 saturated carbocycles. The molecule has 1 aromatic rings. The molecule has 24 heavy (non-hydrogen) atoms. The largest absolute Gasteiger partial charge is 0.466 e. The van der Waals surface area contributed by atoms with Crippen LogP contribution in [0.1, 0.15) is 51.7 Å². The van der Waals surface area contributed by atoms with Gasteiger partial charge in [0.2, 0.25) is 0 Å². The zero-order valence-corrected chi connectivity index (χ0v) is 15.3. The molecule has 0 aliphatic carbocycles. The molecule has 0 N–H and O–H groups in total. The summed E-state index contributed by atoms with van der Waals surface area (Å²) in [5, 5.41) is 0. The number of carbonyl (C=O) groups is 1. The van der Waals surface area contributed by atoms with E-state index >= 15 is 0 Å². The average molecular weight is 327 g/mol. The number of carbonyl (C=O) groups excluding carboxylic acids is 1. The van der Waals surface area contributed by atoms with Gasteiger partial charge in [0.15, 0.2) is 0 Å². The van der Waals surface area contributed by atoms with Gasteiger partial charge >= 0.3 is 5.97 Å². The van der Waals surface area contributed by atoms with Gasteiger partial charge in [-0.3, -0.25) is 4.79 Å². The summed E-state index contributed by atoms with van der Waals surface area (Å²) in [5.41, 5.74) is 5.28. The van der Waals surface area contributed by atoms with Crippen molar-refractivity contribution in [2.45, 2.75) is 53.0 Å². The lowest BCUT2D eigenvalue weighted by atomic mass is 9.95. The lowest BCUT2D eigenvalue weighted by Gasteiger charge is -2.35. The van der Waals surface area contributed by atoms with Crippen molar-refractivity contribution in [2.75, 3.05) is 18.1 Å². The Bertz CT molecular complexity index is 629. The van der Waals surface area contributed by atoms with E-state index in [9.17, 15) is 4.79 Å². The number of aryl methyl sites for hydroxylation is 1. The normalized spacial score (nSPS) is 15.0. The molecule has 130 valence electrons. The van der Waals surface area contributed by atoms with Gasteiger partial charge in [-0.25, -0.2) is 0 Å². The Balaban J connectivity index is 2.08. The van der Waals surface area contributed by atoms with E-state index < -0.39 is 0 Å². The van der Waals surface area contributed by atoms with Crippen LogP contribution in [0.2, 0.25) is 0 Å². The van der Waals surface area contributed by atoms with Crippen molar-refractivity contribution in [3.8, 4) is 0 Å².